The molecule has 1 aromatic rings. The van der Waals surface area contributed by atoms with Crippen LogP contribution in [0.4, 0.5) is 5.69 Å². The quantitative estimate of drug-likeness (QED) is 0.910. The second kappa shape index (κ2) is 6.39. The molecular weight excluding hydrogens is 264 g/mol. The van der Waals surface area contributed by atoms with E-state index in [1.54, 1.807) is 6.20 Å². The Morgan fingerprint density at radius 3 is 2.95 bits per heavy atom. The number of hydrogen-bond acceptors (Lipinski definition) is 4. The molecule has 0 aliphatic carbocycles. The summed E-state index contributed by atoms with van der Waals surface area (Å²) >= 11 is 6.23. The standard InChI is InChI=1S/C13H21ClN4O/c1-10(2)9-18-13(19)12(14)11(8-16-18)17-6-3-4-15-5-7-17/h8,10,15H,3-7,9H2,1-2H3. The second-order valence-electron chi connectivity index (χ2n) is 5.32. The molecule has 1 saturated heterocycles. The molecule has 0 saturated carbocycles. The minimum Gasteiger partial charge on any atom is -0.368 e. The van der Waals surface area contributed by atoms with Crippen LogP contribution in [0.1, 0.15) is 20.3 Å². The number of hydrogen-bond donors (Lipinski definition) is 1. The smallest absolute Gasteiger partial charge is 0.287 e. The summed E-state index contributed by atoms with van der Waals surface area (Å²) in [7, 11) is 0. The molecule has 5 nitrogen and oxygen atoms in total. The number of rotatable bonds is 3. The highest BCUT2D eigenvalue weighted by molar-refractivity contribution is 6.33. The van der Waals surface area contributed by atoms with Crippen LogP contribution in [0.15, 0.2) is 11.0 Å². The summed E-state index contributed by atoms with van der Waals surface area (Å²) < 4.78 is 1.45. The van der Waals surface area contributed by atoms with Crippen molar-refractivity contribution < 1.29 is 0 Å². The summed E-state index contributed by atoms with van der Waals surface area (Å²) in [6, 6.07) is 0. The zero-order chi connectivity index (χ0) is 13.8. The predicted octanol–water partition coefficient (Wildman–Crippen LogP) is 1.35. The molecule has 2 rings (SSSR count). The largest absolute Gasteiger partial charge is 0.368 e. The van der Waals surface area contributed by atoms with Gasteiger partial charge in [0, 0.05) is 26.2 Å². The lowest BCUT2D eigenvalue weighted by Crippen LogP contribution is -2.32. The monoisotopic (exact) mass is 284 g/mol. The van der Waals surface area contributed by atoms with Crippen LogP contribution in [-0.2, 0) is 6.54 Å². The highest BCUT2D eigenvalue weighted by Crippen LogP contribution is 2.21. The first-order valence-electron chi connectivity index (χ1n) is 6.81. The molecule has 0 unspecified atom stereocenters. The molecule has 106 valence electrons. The molecule has 1 fully saturated rings. The van der Waals surface area contributed by atoms with Crippen molar-refractivity contribution in [1.82, 2.24) is 15.1 Å². The highest BCUT2D eigenvalue weighted by Gasteiger charge is 2.17. The zero-order valence-corrected chi connectivity index (χ0v) is 12.3. The van der Waals surface area contributed by atoms with E-state index >= 15 is 0 Å². The number of nitrogens with one attached hydrogen (secondary N) is 1. The Labute approximate surface area is 118 Å². The molecular formula is C13H21ClN4O. The van der Waals surface area contributed by atoms with E-state index in [4.69, 9.17) is 11.6 Å². The van der Waals surface area contributed by atoms with Crippen molar-refractivity contribution in [3.8, 4) is 0 Å². The summed E-state index contributed by atoms with van der Waals surface area (Å²) in [6.45, 7) is 8.38. The van der Waals surface area contributed by atoms with Gasteiger partial charge in [0.25, 0.3) is 5.56 Å². The Balaban J connectivity index is 2.27. The topological polar surface area (TPSA) is 50.2 Å². The average Bonchev–Trinajstić information content (AvgIpc) is 2.63. The first kappa shape index (κ1) is 14.3. The fourth-order valence-electron chi connectivity index (χ4n) is 2.24. The van der Waals surface area contributed by atoms with Crippen molar-refractivity contribution >= 4 is 17.3 Å². The molecule has 1 aromatic heterocycles. The van der Waals surface area contributed by atoms with Crippen LogP contribution in [0.3, 0.4) is 0 Å². The van der Waals surface area contributed by atoms with Crippen LogP contribution in [0.2, 0.25) is 5.02 Å². The van der Waals surface area contributed by atoms with Gasteiger partial charge in [-0.05, 0) is 18.9 Å². The molecule has 0 radical (unpaired) electrons. The Morgan fingerprint density at radius 1 is 1.42 bits per heavy atom. The normalized spacial score (nSPS) is 16.7. The van der Waals surface area contributed by atoms with Gasteiger partial charge in [-0.25, -0.2) is 4.68 Å². The van der Waals surface area contributed by atoms with Crippen LogP contribution in [-0.4, -0.2) is 36.0 Å². The fourth-order valence-corrected chi connectivity index (χ4v) is 2.51. The molecule has 0 bridgehead atoms. The van der Waals surface area contributed by atoms with Gasteiger partial charge in [0.2, 0.25) is 0 Å². The number of aromatic nitrogens is 2. The molecule has 0 atom stereocenters. The number of anilines is 1. The molecule has 0 amide bonds. The van der Waals surface area contributed by atoms with Crippen molar-refractivity contribution in [3.05, 3.63) is 21.6 Å². The minimum absolute atomic E-state index is 0.190. The van der Waals surface area contributed by atoms with Crippen molar-refractivity contribution in [2.75, 3.05) is 31.1 Å². The van der Waals surface area contributed by atoms with Crippen molar-refractivity contribution in [1.29, 1.82) is 0 Å². The summed E-state index contributed by atoms with van der Waals surface area (Å²) in [5.74, 6) is 0.370. The SMILES string of the molecule is CC(C)Cn1ncc(N2CCCNCC2)c(Cl)c1=O. The highest BCUT2D eigenvalue weighted by atomic mass is 35.5. The molecule has 19 heavy (non-hydrogen) atoms. The summed E-state index contributed by atoms with van der Waals surface area (Å²) in [4.78, 5) is 14.3. The lowest BCUT2D eigenvalue weighted by molar-refractivity contribution is 0.463. The molecule has 2 heterocycles. The maximum atomic E-state index is 12.2. The third kappa shape index (κ3) is 3.48. The van der Waals surface area contributed by atoms with E-state index in [1.165, 1.54) is 4.68 Å². The maximum Gasteiger partial charge on any atom is 0.287 e. The van der Waals surface area contributed by atoms with Crippen molar-refractivity contribution in [2.24, 2.45) is 5.92 Å². The lowest BCUT2D eigenvalue weighted by atomic mass is 10.2. The Kier molecular flexibility index (Phi) is 4.82. The van der Waals surface area contributed by atoms with Gasteiger partial charge in [0.05, 0.1) is 11.9 Å². The Morgan fingerprint density at radius 2 is 2.21 bits per heavy atom. The molecule has 1 N–H and O–H groups in total. The van der Waals surface area contributed by atoms with Gasteiger partial charge in [-0.3, -0.25) is 4.79 Å². The first-order chi connectivity index (χ1) is 9.09. The van der Waals surface area contributed by atoms with E-state index in [2.05, 4.69) is 29.2 Å². The summed E-state index contributed by atoms with van der Waals surface area (Å²) in [6.07, 6.45) is 2.77. The third-order valence-electron chi connectivity index (χ3n) is 3.19. The first-order valence-corrected chi connectivity index (χ1v) is 7.18. The molecule has 0 spiro atoms. The fraction of sp³-hybridized carbons (Fsp3) is 0.692. The van der Waals surface area contributed by atoms with E-state index in [-0.39, 0.29) is 10.6 Å². The van der Waals surface area contributed by atoms with Gasteiger partial charge in [0.1, 0.15) is 5.02 Å². The second-order valence-corrected chi connectivity index (χ2v) is 5.69. The van der Waals surface area contributed by atoms with Gasteiger partial charge in [0.15, 0.2) is 0 Å². The van der Waals surface area contributed by atoms with Crippen LogP contribution >= 0.6 is 11.6 Å². The lowest BCUT2D eigenvalue weighted by Gasteiger charge is -2.23. The Bertz CT molecular complexity index is 478. The van der Waals surface area contributed by atoms with E-state index in [0.717, 1.165) is 38.3 Å². The third-order valence-corrected chi connectivity index (χ3v) is 3.54. The average molecular weight is 285 g/mol. The van der Waals surface area contributed by atoms with Gasteiger partial charge in [-0.15, -0.1) is 0 Å². The van der Waals surface area contributed by atoms with Gasteiger partial charge < -0.3 is 10.2 Å². The molecule has 0 aromatic carbocycles. The zero-order valence-electron chi connectivity index (χ0n) is 11.5. The van der Waals surface area contributed by atoms with E-state index in [1.807, 2.05) is 0 Å². The molecule has 1 aliphatic heterocycles. The molecule has 6 heteroatoms. The van der Waals surface area contributed by atoms with E-state index in [0.29, 0.717) is 12.5 Å². The van der Waals surface area contributed by atoms with Crippen LogP contribution in [0.5, 0.6) is 0 Å². The van der Waals surface area contributed by atoms with E-state index < -0.39 is 0 Å². The minimum atomic E-state index is -0.190. The van der Waals surface area contributed by atoms with Crippen LogP contribution < -0.4 is 15.8 Å². The van der Waals surface area contributed by atoms with Gasteiger partial charge in [-0.1, -0.05) is 25.4 Å². The Hall–Kier alpha value is -1.07. The van der Waals surface area contributed by atoms with Crippen molar-refractivity contribution in [3.63, 3.8) is 0 Å². The molecule has 1 aliphatic rings. The van der Waals surface area contributed by atoms with Crippen molar-refractivity contribution in [2.45, 2.75) is 26.8 Å². The summed E-state index contributed by atoms with van der Waals surface area (Å²) in [5.41, 5.74) is 0.570. The van der Waals surface area contributed by atoms with E-state index in [9.17, 15) is 4.79 Å². The predicted molar refractivity (Wildman–Crippen MR) is 78.0 cm³/mol. The van der Waals surface area contributed by atoms with Crippen LogP contribution in [0, 0.1) is 5.92 Å². The van der Waals surface area contributed by atoms with Crippen LogP contribution in [0.25, 0.3) is 0 Å². The number of halogens is 1. The maximum absolute atomic E-state index is 12.2. The number of nitrogens with zero attached hydrogens (tertiary/aromatic N) is 3. The van der Waals surface area contributed by atoms with Gasteiger partial charge >= 0.3 is 0 Å². The summed E-state index contributed by atoms with van der Waals surface area (Å²) in [5, 5.41) is 7.86. The van der Waals surface area contributed by atoms with Gasteiger partial charge in [-0.2, -0.15) is 5.10 Å².